The molecule has 10 unspecified atom stereocenters. The van der Waals surface area contributed by atoms with E-state index in [0.29, 0.717) is 32.3 Å². The van der Waals surface area contributed by atoms with Gasteiger partial charge in [-0.25, -0.2) is 9.59 Å². The summed E-state index contributed by atoms with van der Waals surface area (Å²) in [5.74, 6) is -1.72. The van der Waals surface area contributed by atoms with E-state index in [1.54, 1.807) is 32.1 Å². The number of aliphatic hydroxyl groups excluding tert-OH is 3. The van der Waals surface area contributed by atoms with Gasteiger partial charge in [0.05, 0.1) is 36.9 Å². The summed E-state index contributed by atoms with van der Waals surface area (Å²) in [6, 6.07) is 0. The number of cyclic esters (lactones) is 1. The van der Waals surface area contributed by atoms with E-state index in [-0.39, 0.29) is 25.9 Å². The number of carbonyl (C=O) groups excluding carboxylic acids is 2. The molecule has 5 rings (SSSR count). The van der Waals surface area contributed by atoms with Crippen LogP contribution in [-0.4, -0.2) is 95.9 Å². The smallest absolute Gasteiger partial charge is 0.335 e. The largest absolute Gasteiger partial charge is 0.463 e. The molecule has 10 nitrogen and oxygen atoms in total. The van der Waals surface area contributed by atoms with Crippen molar-refractivity contribution in [3.8, 4) is 0 Å². The lowest BCUT2D eigenvalue weighted by molar-refractivity contribution is -0.235. The highest BCUT2D eigenvalue weighted by Gasteiger charge is 2.83. The molecule has 3 aliphatic heterocycles. The van der Waals surface area contributed by atoms with Crippen LogP contribution in [0.1, 0.15) is 46.5 Å². The van der Waals surface area contributed by atoms with E-state index in [0.717, 1.165) is 5.57 Å². The molecule has 0 amide bonds. The van der Waals surface area contributed by atoms with Gasteiger partial charge < -0.3 is 39.0 Å². The Bertz CT molecular complexity index is 1040. The monoisotopic (exact) mass is 548 g/mol. The highest BCUT2D eigenvalue weighted by atomic mass is 16.6. The topological polar surface area (TPSA) is 144 Å². The number of aliphatic hydroxyl groups is 3. The van der Waals surface area contributed by atoms with Crippen LogP contribution in [0.25, 0.3) is 0 Å². The van der Waals surface area contributed by atoms with Gasteiger partial charge in [-0.05, 0) is 37.7 Å². The van der Waals surface area contributed by atoms with Gasteiger partial charge in [0.15, 0.2) is 6.10 Å². The molecule has 1 saturated carbocycles. The van der Waals surface area contributed by atoms with Crippen LogP contribution in [0, 0.1) is 16.7 Å². The van der Waals surface area contributed by atoms with Crippen molar-refractivity contribution in [1.29, 1.82) is 0 Å². The number of epoxide rings is 1. The Balaban J connectivity index is 1.51. The van der Waals surface area contributed by atoms with Crippen molar-refractivity contribution in [2.24, 2.45) is 16.7 Å². The Morgan fingerprint density at radius 1 is 1.18 bits per heavy atom. The van der Waals surface area contributed by atoms with Gasteiger partial charge in [-0.3, -0.25) is 0 Å². The quantitative estimate of drug-likeness (QED) is 0.263. The van der Waals surface area contributed by atoms with Gasteiger partial charge in [-0.2, -0.15) is 0 Å². The zero-order valence-corrected chi connectivity index (χ0v) is 22.8. The highest BCUT2D eigenvalue weighted by molar-refractivity contribution is 5.82. The molecule has 39 heavy (non-hydrogen) atoms. The summed E-state index contributed by atoms with van der Waals surface area (Å²) in [7, 11) is 0. The van der Waals surface area contributed by atoms with Crippen molar-refractivity contribution in [2.45, 2.75) is 88.7 Å². The van der Waals surface area contributed by atoms with Crippen LogP contribution in [0.15, 0.2) is 36.0 Å². The Morgan fingerprint density at radius 3 is 2.64 bits per heavy atom. The van der Waals surface area contributed by atoms with Gasteiger partial charge >= 0.3 is 11.9 Å². The summed E-state index contributed by atoms with van der Waals surface area (Å²) in [4.78, 5) is 26.1. The molecule has 216 valence electrons. The Morgan fingerprint density at radius 2 is 1.95 bits per heavy atom. The normalized spacial score (nSPS) is 46.3. The molecule has 0 aromatic rings. The lowest BCUT2D eigenvalue weighted by Crippen LogP contribution is -2.67. The van der Waals surface area contributed by atoms with E-state index in [4.69, 9.17) is 23.7 Å². The molecule has 2 spiro atoms. The molecule has 2 saturated heterocycles. The van der Waals surface area contributed by atoms with Crippen molar-refractivity contribution in [3.63, 3.8) is 0 Å². The maximum absolute atomic E-state index is 13.1. The molecule has 10 atom stereocenters. The zero-order chi connectivity index (χ0) is 28.0. The molecule has 2 bridgehead atoms. The minimum absolute atomic E-state index is 0.0585. The minimum Gasteiger partial charge on any atom is -0.463 e. The van der Waals surface area contributed by atoms with E-state index in [2.05, 4.69) is 0 Å². The SMILES string of the molecule is CC(O)C1C=C/C=C\C(=O)OC2CC3OC4C=C(CO)CCC4(COC(=O)C(O)C(C)CCO1)C2(C)C31CO1. The first kappa shape index (κ1) is 28.4. The van der Waals surface area contributed by atoms with Crippen molar-refractivity contribution in [2.75, 3.05) is 26.4 Å². The zero-order valence-electron chi connectivity index (χ0n) is 22.8. The number of esters is 2. The van der Waals surface area contributed by atoms with Crippen molar-refractivity contribution >= 4 is 11.9 Å². The molecule has 0 radical (unpaired) electrons. The third-order valence-electron chi connectivity index (χ3n) is 9.81. The summed E-state index contributed by atoms with van der Waals surface area (Å²) in [6.45, 7) is 5.87. The fourth-order valence-corrected chi connectivity index (χ4v) is 7.09. The summed E-state index contributed by atoms with van der Waals surface area (Å²) in [5, 5.41) is 30.7. The van der Waals surface area contributed by atoms with Crippen molar-refractivity contribution < 1.29 is 48.6 Å². The fourth-order valence-electron chi connectivity index (χ4n) is 7.09. The maximum atomic E-state index is 13.1. The first-order chi connectivity index (χ1) is 18.6. The number of allylic oxidation sites excluding steroid dienone is 2. The maximum Gasteiger partial charge on any atom is 0.335 e. The highest BCUT2D eigenvalue weighted by Crippen LogP contribution is 2.72. The average molecular weight is 549 g/mol. The van der Waals surface area contributed by atoms with E-state index in [1.807, 2.05) is 13.0 Å². The standard InChI is InChI=1S/C29H40O10/c1-17-9-11-35-20(18(2)31)6-4-5-7-24(32)39-21-13-23-29(16-37-29)27(21,3)28(15-36-26(34)25(17)33)10-8-19(14-30)12-22(28)38-23/h4-7,12,17-18,20-23,25,30-31,33H,8-11,13-16H2,1-3H3/b6-4?,7-5-. The molecule has 3 heterocycles. The summed E-state index contributed by atoms with van der Waals surface area (Å²) in [5.41, 5.74) is -1.39. The van der Waals surface area contributed by atoms with Crippen molar-refractivity contribution in [3.05, 3.63) is 36.0 Å². The summed E-state index contributed by atoms with van der Waals surface area (Å²) in [6.07, 6.45) is 5.77. The lowest BCUT2D eigenvalue weighted by Gasteiger charge is -2.58. The molecule has 0 aromatic carbocycles. The van der Waals surface area contributed by atoms with Crippen LogP contribution >= 0.6 is 0 Å². The van der Waals surface area contributed by atoms with Crippen LogP contribution < -0.4 is 0 Å². The first-order valence-electron chi connectivity index (χ1n) is 13.9. The van der Waals surface area contributed by atoms with Crippen LogP contribution in [-0.2, 0) is 33.3 Å². The number of hydrogen-bond donors (Lipinski definition) is 3. The molecule has 5 aliphatic rings. The molecule has 3 fully saturated rings. The Kier molecular flexibility index (Phi) is 7.82. The van der Waals surface area contributed by atoms with E-state index in [9.17, 15) is 24.9 Å². The Labute approximate surface area is 228 Å². The van der Waals surface area contributed by atoms with Crippen LogP contribution in [0.4, 0.5) is 0 Å². The predicted molar refractivity (Wildman–Crippen MR) is 137 cm³/mol. The molecule has 2 aliphatic carbocycles. The van der Waals surface area contributed by atoms with Gasteiger partial charge in [-0.1, -0.05) is 38.2 Å². The number of rotatable bonds is 2. The van der Waals surface area contributed by atoms with Crippen LogP contribution in [0.3, 0.4) is 0 Å². The average Bonchev–Trinajstić information content (AvgIpc) is 3.69. The van der Waals surface area contributed by atoms with Gasteiger partial charge in [0, 0.05) is 24.5 Å². The molecule has 3 N–H and O–H groups in total. The Hall–Kier alpha value is -2.08. The van der Waals surface area contributed by atoms with Gasteiger partial charge in [0.1, 0.15) is 24.4 Å². The molecule has 10 heteroatoms. The van der Waals surface area contributed by atoms with Crippen molar-refractivity contribution in [1.82, 2.24) is 0 Å². The predicted octanol–water partition coefficient (Wildman–Crippen LogP) is 1.37. The van der Waals surface area contributed by atoms with E-state index < -0.39 is 64.8 Å². The third kappa shape index (κ3) is 4.69. The van der Waals surface area contributed by atoms with Crippen LogP contribution in [0.5, 0.6) is 0 Å². The number of carbonyl (C=O) groups is 2. The summed E-state index contributed by atoms with van der Waals surface area (Å²) >= 11 is 0. The summed E-state index contributed by atoms with van der Waals surface area (Å²) < 4.78 is 30.3. The second-order valence-corrected chi connectivity index (χ2v) is 11.9. The van der Waals surface area contributed by atoms with Crippen LogP contribution in [0.2, 0.25) is 0 Å². The lowest BCUT2D eigenvalue weighted by atomic mass is 9.51. The number of hydrogen-bond acceptors (Lipinski definition) is 10. The van der Waals surface area contributed by atoms with E-state index in [1.165, 1.54) is 6.08 Å². The van der Waals surface area contributed by atoms with E-state index >= 15 is 0 Å². The fraction of sp³-hybridized carbons (Fsp3) is 0.724. The third-order valence-corrected chi connectivity index (χ3v) is 9.81. The van der Waals surface area contributed by atoms with Gasteiger partial charge in [0.25, 0.3) is 0 Å². The minimum atomic E-state index is -1.37. The first-order valence-corrected chi connectivity index (χ1v) is 13.9. The van der Waals surface area contributed by atoms with Gasteiger partial charge in [0.2, 0.25) is 0 Å². The van der Waals surface area contributed by atoms with Gasteiger partial charge in [-0.15, -0.1) is 0 Å². The second-order valence-electron chi connectivity index (χ2n) is 11.9. The number of ether oxygens (including phenoxy) is 5. The molecular weight excluding hydrogens is 508 g/mol. The molecule has 0 aromatic heterocycles. The molecular formula is C29H40O10. The second kappa shape index (κ2) is 10.7.